The highest BCUT2D eigenvalue weighted by molar-refractivity contribution is 9.10. The minimum Gasteiger partial charge on any atom is -0.379 e. The molecule has 2 amide bonds. The molecule has 8 heteroatoms. The van der Waals surface area contributed by atoms with Crippen LogP contribution in [0.5, 0.6) is 0 Å². The quantitative estimate of drug-likeness (QED) is 0.677. The van der Waals surface area contributed by atoms with E-state index in [4.69, 9.17) is 4.74 Å². The van der Waals surface area contributed by atoms with Gasteiger partial charge in [-0.3, -0.25) is 14.5 Å². The van der Waals surface area contributed by atoms with Gasteiger partial charge in [-0.25, -0.2) is 0 Å². The summed E-state index contributed by atoms with van der Waals surface area (Å²) >= 11 is 3.49. The predicted molar refractivity (Wildman–Crippen MR) is 123 cm³/mol. The van der Waals surface area contributed by atoms with Crippen LogP contribution in [0.3, 0.4) is 0 Å². The SMILES string of the molecule is Cc1cn(C=C2C(=O)Nc3ccc(Br)cc32)c2c1C(=O)N(CCN1CCOCC1)CC2. The number of nitrogens with one attached hydrogen (secondary N) is 1. The van der Waals surface area contributed by atoms with E-state index in [0.29, 0.717) is 12.1 Å². The van der Waals surface area contributed by atoms with Crippen molar-refractivity contribution in [2.75, 3.05) is 51.3 Å². The number of anilines is 1. The summed E-state index contributed by atoms with van der Waals surface area (Å²) in [6.45, 7) is 7.65. The van der Waals surface area contributed by atoms with Gasteiger partial charge in [-0.15, -0.1) is 0 Å². The summed E-state index contributed by atoms with van der Waals surface area (Å²) in [5.74, 6) is -0.0364. The number of nitrogens with zero attached hydrogens (tertiary/aromatic N) is 3. The summed E-state index contributed by atoms with van der Waals surface area (Å²) in [4.78, 5) is 30.1. The summed E-state index contributed by atoms with van der Waals surface area (Å²) in [5.41, 5.74) is 4.99. The van der Waals surface area contributed by atoms with E-state index >= 15 is 0 Å². The molecule has 31 heavy (non-hydrogen) atoms. The van der Waals surface area contributed by atoms with Gasteiger partial charge in [-0.1, -0.05) is 15.9 Å². The maximum atomic E-state index is 13.2. The van der Waals surface area contributed by atoms with Gasteiger partial charge in [0.25, 0.3) is 11.8 Å². The molecule has 3 aliphatic rings. The van der Waals surface area contributed by atoms with E-state index in [-0.39, 0.29) is 11.8 Å². The van der Waals surface area contributed by atoms with Crippen molar-refractivity contribution in [2.24, 2.45) is 0 Å². The van der Waals surface area contributed by atoms with Crippen molar-refractivity contribution in [1.29, 1.82) is 0 Å². The molecule has 0 radical (unpaired) electrons. The zero-order valence-electron chi connectivity index (χ0n) is 17.5. The number of carbonyl (C=O) groups is 2. The third-order valence-electron chi connectivity index (χ3n) is 6.27. The zero-order valence-corrected chi connectivity index (χ0v) is 19.1. The molecule has 0 spiro atoms. The molecule has 2 aromatic rings. The van der Waals surface area contributed by atoms with E-state index in [1.165, 1.54) is 0 Å². The van der Waals surface area contributed by atoms with Crippen LogP contribution >= 0.6 is 15.9 Å². The average Bonchev–Trinajstić information content (AvgIpc) is 3.25. The lowest BCUT2D eigenvalue weighted by Gasteiger charge is -2.32. The molecule has 0 atom stereocenters. The smallest absolute Gasteiger partial charge is 0.257 e. The van der Waals surface area contributed by atoms with Crippen molar-refractivity contribution in [3.63, 3.8) is 0 Å². The summed E-state index contributed by atoms with van der Waals surface area (Å²) in [6, 6.07) is 5.75. The topological polar surface area (TPSA) is 66.8 Å². The second-order valence-electron chi connectivity index (χ2n) is 8.22. The molecule has 3 aliphatic heterocycles. The number of halogens is 1. The highest BCUT2D eigenvalue weighted by Crippen LogP contribution is 2.35. The molecule has 0 unspecified atom stereocenters. The van der Waals surface area contributed by atoms with Gasteiger partial charge in [0.2, 0.25) is 0 Å². The Hall–Kier alpha value is -2.42. The molecule has 162 valence electrons. The Kier molecular flexibility index (Phi) is 5.45. The monoisotopic (exact) mass is 484 g/mol. The van der Waals surface area contributed by atoms with E-state index in [1.54, 1.807) is 0 Å². The molecule has 5 rings (SSSR count). The number of fused-ring (bicyclic) bond motifs is 2. The van der Waals surface area contributed by atoms with Crippen LogP contribution in [0.1, 0.15) is 27.2 Å². The number of morpholine rings is 1. The summed E-state index contributed by atoms with van der Waals surface area (Å²) in [5, 5.41) is 2.92. The van der Waals surface area contributed by atoms with Gasteiger partial charge < -0.3 is 19.5 Å². The van der Waals surface area contributed by atoms with Gasteiger partial charge in [0, 0.05) is 73.0 Å². The van der Waals surface area contributed by atoms with Crippen LogP contribution in [-0.4, -0.2) is 72.1 Å². The second-order valence-corrected chi connectivity index (χ2v) is 9.14. The molecular formula is C23H25BrN4O3. The number of amides is 2. The first-order valence-electron chi connectivity index (χ1n) is 10.6. The van der Waals surface area contributed by atoms with Crippen LogP contribution in [0, 0.1) is 6.92 Å². The Balaban J connectivity index is 1.39. The molecule has 1 aromatic carbocycles. The summed E-state index contributed by atoms with van der Waals surface area (Å²) in [6.07, 6.45) is 4.59. The van der Waals surface area contributed by atoms with Crippen LogP contribution < -0.4 is 5.32 Å². The fourth-order valence-electron chi connectivity index (χ4n) is 4.60. The maximum Gasteiger partial charge on any atom is 0.257 e. The molecule has 0 saturated carbocycles. The maximum absolute atomic E-state index is 13.2. The van der Waals surface area contributed by atoms with Gasteiger partial charge in [0.1, 0.15) is 0 Å². The molecule has 0 aliphatic carbocycles. The Morgan fingerprint density at radius 1 is 1.16 bits per heavy atom. The lowest BCUT2D eigenvalue weighted by Crippen LogP contribution is -2.45. The van der Waals surface area contributed by atoms with E-state index < -0.39 is 0 Å². The summed E-state index contributed by atoms with van der Waals surface area (Å²) in [7, 11) is 0. The van der Waals surface area contributed by atoms with Crippen molar-refractivity contribution in [3.8, 4) is 0 Å². The van der Waals surface area contributed by atoms with Crippen LogP contribution in [-0.2, 0) is 16.0 Å². The minimum absolute atomic E-state index is 0.0863. The molecule has 1 fully saturated rings. The first kappa shape index (κ1) is 20.5. The first-order valence-corrected chi connectivity index (χ1v) is 11.4. The zero-order chi connectivity index (χ0) is 21.5. The fourth-order valence-corrected chi connectivity index (χ4v) is 4.96. The highest BCUT2D eigenvalue weighted by atomic mass is 79.9. The largest absolute Gasteiger partial charge is 0.379 e. The van der Waals surface area contributed by atoms with Crippen molar-refractivity contribution >= 4 is 45.2 Å². The molecule has 1 aromatic heterocycles. The average molecular weight is 485 g/mol. The number of hydrogen-bond donors (Lipinski definition) is 1. The standard InChI is InChI=1S/C23H25BrN4O3/c1-15-13-28(14-18-17-12-16(24)2-3-19(17)25-22(18)29)20-4-5-27(23(30)21(15)20)7-6-26-8-10-31-11-9-26/h2-3,12-14H,4-11H2,1H3,(H,25,29). The normalized spacial score (nSPS) is 20.2. The summed E-state index contributed by atoms with van der Waals surface area (Å²) < 4.78 is 8.29. The van der Waals surface area contributed by atoms with Gasteiger partial charge in [0.15, 0.2) is 0 Å². The Morgan fingerprint density at radius 2 is 1.97 bits per heavy atom. The van der Waals surface area contributed by atoms with Crippen molar-refractivity contribution in [1.82, 2.24) is 14.4 Å². The number of rotatable bonds is 4. The van der Waals surface area contributed by atoms with Crippen LogP contribution in [0.15, 0.2) is 28.9 Å². The van der Waals surface area contributed by atoms with E-state index in [1.807, 2.05) is 47.0 Å². The van der Waals surface area contributed by atoms with E-state index in [9.17, 15) is 9.59 Å². The predicted octanol–water partition coefficient (Wildman–Crippen LogP) is 2.84. The lowest BCUT2D eigenvalue weighted by molar-refractivity contribution is -0.110. The lowest BCUT2D eigenvalue weighted by atomic mass is 10.0. The molecule has 1 saturated heterocycles. The van der Waals surface area contributed by atoms with Crippen LogP contribution in [0.25, 0.3) is 11.8 Å². The fraction of sp³-hybridized carbons (Fsp3) is 0.391. The number of aromatic nitrogens is 1. The Bertz CT molecular complexity index is 1080. The van der Waals surface area contributed by atoms with E-state index in [0.717, 1.165) is 78.4 Å². The molecule has 7 nitrogen and oxygen atoms in total. The molecular weight excluding hydrogens is 460 g/mol. The number of ether oxygens (including phenoxy) is 1. The van der Waals surface area contributed by atoms with Gasteiger partial charge >= 0.3 is 0 Å². The number of benzene rings is 1. The van der Waals surface area contributed by atoms with Gasteiger partial charge in [-0.05, 0) is 30.7 Å². The molecule has 4 heterocycles. The molecule has 1 N–H and O–H groups in total. The number of aryl methyl sites for hydroxylation is 1. The Labute approximate surface area is 189 Å². The van der Waals surface area contributed by atoms with E-state index in [2.05, 4.69) is 26.1 Å². The Morgan fingerprint density at radius 3 is 2.77 bits per heavy atom. The first-order chi connectivity index (χ1) is 15.0. The minimum atomic E-state index is -0.123. The third-order valence-corrected chi connectivity index (χ3v) is 6.76. The van der Waals surface area contributed by atoms with Gasteiger partial charge in [-0.2, -0.15) is 0 Å². The second kappa shape index (κ2) is 8.26. The highest BCUT2D eigenvalue weighted by Gasteiger charge is 2.30. The van der Waals surface area contributed by atoms with Gasteiger partial charge in [0.05, 0.1) is 24.4 Å². The van der Waals surface area contributed by atoms with Crippen molar-refractivity contribution < 1.29 is 14.3 Å². The third kappa shape index (κ3) is 3.84. The van der Waals surface area contributed by atoms with Crippen molar-refractivity contribution in [2.45, 2.75) is 13.3 Å². The number of hydrogen-bond acceptors (Lipinski definition) is 4. The number of carbonyl (C=O) groups excluding carboxylic acids is 2. The van der Waals surface area contributed by atoms with Crippen LogP contribution in [0.4, 0.5) is 5.69 Å². The van der Waals surface area contributed by atoms with Crippen molar-refractivity contribution in [3.05, 3.63) is 51.3 Å². The van der Waals surface area contributed by atoms with Crippen LogP contribution in [0.2, 0.25) is 0 Å². The molecule has 0 bridgehead atoms.